The van der Waals surface area contributed by atoms with Crippen LogP contribution in [0, 0.1) is 0 Å². The SMILES string of the molecule is CCOc1cc(-c2nc3ccccc3c(=O)[nH]2)c(Br)cc1OCC(=O)OC(C)C. The Labute approximate surface area is 176 Å². The van der Waals surface area contributed by atoms with Crippen molar-refractivity contribution in [1.29, 1.82) is 0 Å². The van der Waals surface area contributed by atoms with Crippen LogP contribution in [-0.2, 0) is 9.53 Å². The number of benzene rings is 2. The maximum atomic E-state index is 12.4. The van der Waals surface area contributed by atoms with Crippen LogP contribution in [0.3, 0.4) is 0 Å². The number of aromatic amines is 1. The summed E-state index contributed by atoms with van der Waals surface area (Å²) in [5.74, 6) is 0.737. The van der Waals surface area contributed by atoms with Gasteiger partial charge in [-0.2, -0.15) is 0 Å². The maximum Gasteiger partial charge on any atom is 0.344 e. The third-order valence-electron chi connectivity index (χ3n) is 3.91. The third-order valence-corrected chi connectivity index (χ3v) is 4.57. The third kappa shape index (κ3) is 4.95. The standard InChI is InChI=1S/C21H21BrN2O5/c1-4-27-17-9-14(15(22)10-18(17)28-11-19(25)29-12(2)3)20-23-16-8-6-5-7-13(16)21(26)24-20/h5-10,12H,4,11H2,1-3H3,(H,23,24,26). The Morgan fingerprint density at radius 2 is 1.90 bits per heavy atom. The van der Waals surface area contributed by atoms with Gasteiger partial charge >= 0.3 is 5.97 Å². The number of hydrogen-bond acceptors (Lipinski definition) is 6. The topological polar surface area (TPSA) is 90.5 Å². The molecule has 3 aromatic rings. The Morgan fingerprint density at radius 3 is 2.62 bits per heavy atom. The van der Waals surface area contributed by atoms with Crippen LogP contribution in [0.5, 0.6) is 11.5 Å². The lowest BCUT2D eigenvalue weighted by Gasteiger charge is -2.15. The normalized spacial score (nSPS) is 10.9. The minimum Gasteiger partial charge on any atom is -0.490 e. The fourth-order valence-electron chi connectivity index (χ4n) is 2.75. The molecule has 0 aliphatic heterocycles. The molecule has 0 saturated heterocycles. The Morgan fingerprint density at radius 1 is 1.17 bits per heavy atom. The number of carbonyl (C=O) groups excluding carboxylic acids is 1. The number of nitrogens with zero attached hydrogens (tertiary/aromatic N) is 1. The van der Waals surface area contributed by atoms with Gasteiger partial charge in [0, 0.05) is 10.0 Å². The molecule has 0 unspecified atom stereocenters. The number of fused-ring (bicyclic) bond motifs is 1. The lowest BCUT2D eigenvalue weighted by atomic mass is 10.1. The molecule has 0 aliphatic carbocycles. The summed E-state index contributed by atoms with van der Waals surface area (Å²) in [5.41, 5.74) is 0.994. The molecule has 0 fully saturated rings. The van der Waals surface area contributed by atoms with E-state index in [2.05, 4.69) is 25.9 Å². The summed E-state index contributed by atoms with van der Waals surface area (Å²) in [7, 11) is 0. The Hall–Kier alpha value is -2.87. The molecule has 0 amide bonds. The zero-order valence-electron chi connectivity index (χ0n) is 16.3. The van der Waals surface area contributed by atoms with Gasteiger partial charge in [-0.05, 0) is 61.0 Å². The van der Waals surface area contributed by atoms with Gasteiger partial charge in [-0.3, -0.25) is 4.79 Å². The molecule has 0 aliphatic rings. The second-order valence-corrected chi connectivity index (χ2v) is 7.33. The second kappa shape index (κ2) is 9.09. The predicted molar refractivity (Wildman–Crippen MR) is 113 cm³/mol. The fraction of sp³-hybridized carbons (Fsp3) is 0.286. The van der Waals surface area contributed by atoms with E-state index in [0.717, 1.165) is 0 Å². The van der Waals surface area contributed by atoms with Crippen LogP contribution in [0.1, 0.15) is 20.8 Å². The highest BCUT2D eigenvalue weighted by Crippen LogP contribution is 2.37. The number of esters is 1. The molecule has 2 aromatic carbocycles. The lowest BCUT2D eigenvalue weighted by Crippen LogP contribution is -2.19. The Bertz CT molecular complexity index is 1090. The second-order valence-electron chi connectivity index (χ2n) is 6.47. The predicted octanol–water partition coefficient (Wildman–Crippen LogP) is 4.08. The molecule has 0 spiro atoms. The first-order valence-electron chi connectivity index (χ1n) is 9.17. The minimum atomic E-state index is -0.469. The molecule has 3 rings (SSSR count). The molecule has 0 atom stereocenters. The lowest BCUT2D eigenvalue weighted by molar-refractivity contribution is -0.149. The number of H-pyrrole nitrogens is 1. The van der Waals surface area contributed by atoms with Gasteiger partial charge in [0.1, 0.15) is 5.82 Å². The molecule has 0 saturated carbocycles. The summed E-state index contributed by atoms with van der Waals surface area (Å²) in [5, 5.41) is 0.515. The van der Waals surface area contributed by atoms with Crippen LogP contribution in [0.25, 0.3) is 22.3 Å². The van der Waals surface area contributed by atoms with E-state index in [1.54, 1.807) is 44.2 Å². The number of nitrogens with one attached hydrogen (secondary N) is 1. The van der Waals surface area contributed by atoms with Crippen molar-refractivity contribution in [3.63, 3.8) is 0 Å². The molecular formula is C21H21BrN2O5. The zero-order valence-corrected chi connectivity index (χ0v) is 17.9. The van der Waals surface area contributed by atoms with Gasteiger partial charge in [0.2, 0.25) is 0 Å². The van der Waals surface area contributed by atoms with E-state index in [-0.39, 0.29) is 18.3 Å². The largest absolute Gasteiger partial charge is 0.490 e. The molecule has 8 heteroatoms. The van der Waals surface area contributed by atoms with E-state index in [0.29, 0.717) is 44.9 Å². The van der Waals surface area contributed by atoms with Crippen molar-refractivity contribution in [1.82, 2.24) is 9.97 Å². The van der Waals surface area contributed by atoms with Gasteiger partial charge < -0.3 is 19.2 Å². The van der Waals surface area contributed by atoms with E-state index in [1.165, 1.54) is 0 Å². The van der Waals surface area contributed by atoms with Crippen molar-refractivity contribution >= 4 is 32.8 Å². The Balaban J connectivity index is 1.98. The van der Waals surface area contributed by atoms with Gasteiger partial charge in [0.05, 0.1) is 23.6 Å². The summed E-state index contributed by atoms with van der Waals surface area (Å²) in [6, 6.07) is 10.5. The van der Waals surface area contributed by atoms with E-state index < -0.39 is 5.97 Å². The number of hydrogen-bond donors (Lipinski definition) is 1. The van der Waals surface area contributed by atoms with E-state index in [4.69, 9.17) is 14.2 Å². The number of carbonyl (C=O) groups is 1. The summed E-state index contributed by atoms with van der Waals surface area (Å²) in [4.78, 5) is 31.5. The summed E-state index contributed by atoms with van der Waals surface area (Å²) >= 11 is 3.49. The van der Waals surface area contributed by atoms with Crippen molar-refractivity contribution < 1.29 is 19.0 Å². The van der Waals surface area contributed by atoms with Gasteiger partial charge in [-0.1, -0.05) is 12.1 Å². The fourth-order valence-corrected chi connectivity index (χ4v) is 3.26. The van der Waals surface area contributed by atoms with E-state index in [9.17, 15) is 9.59 Å². The van der Waals surface area contributed by atoms with Crippen LogP contribution >= 0.6 is 15.9 Å². The van der Waals surface area contributed by atoms with Gasteiger partial charge in [0.15, 0.2) is 18.1 Å². The van der Waals surface area contributed by atoms with Gasteiger partial charge in [-0.25, -0.2) is 9.78 Å². The molecule has 1 heterocycles. The molecule has 7 nitrogen and oxygen atoms in total. The highest BCUT2D eigenvalue weighted by Gasteiger charge is 2.16. The zero-order chi connectivity index (χ0) is 21.0. The van der Waals surface area contributed by atoms with Crippen molar-refractivity contribution in [2.75, 3.05) is 13.2 Å². The highest BCUT2D eigenvalue weighted by atomic mass is 79.9. The van der Waals surface area contributed by atoms with Crippen molar-refractivity contribution in [2.45, 2.75) is 26.9 Å². The monoisotopic (exact) mass is 460 g/mol. The molecule has 1 N–H and O–H groups in total. The summed E-state index contributed by atoms with van der Waals surface area (Å²) < 4.78 is 17.0. The number of halogens is 1. The van der Waals surface area contributed by atoms with Crippen LogP contribution < -0.4 is 15.0 Å². The molecule has 0 radical (unpaired) electrons. The first-order valence-corrected chi connectivity index (χ1v) is 9.96. The average molecular weight is 461 g/mol. The smallest absolute Gasteiger partial charge is 0.344 e. The molecule has 152 valence electrons. The van der Waals surface area contributed by atoms with Crippen molar-refractivity contribution in [2.24, 2.45) is 0 Å². The van der Waals surface area contributed by atoms with Crippen LogP contribution in [0.15, 0.2) is 45.7 Å². The number of para-hydroxylation sites is 1. The van der Waals surface area contributed by atoms with Gasteiger partial charge in [-0.15, -0.1) is 0 Å². The van der Waals surface area contributed by atoms with Crippen molar-refractivity contribution in [3.8, 4) is 22.9 Å². The van der Waals surface area contributed by atoms with Crippen LogP contribution in [-0.4, -0.2) is 35.3 Å². The highest BCUT2D eigenvalue weighted by molar-refractivity contribution is 9.10. The van der Waals surface area contributed by atoms with Crippen LogP contribution in [0.4, 0.5) is 0 Å². The molecular weight excluding hydrogens is 440 g/mol. The number of aromatic nitrogens is 2. The first-order chi connectivity index (χ1) is 13.9. The van der Waals surface area contributed by atoms with Crippen molar-refractivity contribution in [3.05, 3.63) is 51.2 Å². The number of ether oxygens (including phenoxy) is 3. The first kappa shape index (κ1) is 20.9. The van der Waals surface area contributed by atoms with E-state index in [1.807, 2.05) is 13.0 Å². The summed E-state index contributed by atoms with van der Waals surface area (Å²) in [6.45, 7) is 5.54. The van der Waals surface area contributed by atoms with E-state index >= 15 is 0 Å². The summed E-state index contributed by atoms with van der Waals surface area (Å²) in [6.07, 6.45) is -0.220. The molecule has 0 bridgehead atoms. The molecule has 1 aromatic heterocycles. The quantitative estimate of drug-likeness (QED) is 0.534. The average Bonchev–Trinajstić information content (AvgIpc) is 2.67. The maximum absolute atomic E-state index is 12.4. The minimum absolute atomic E-state index is 0.220. The Kier molecular flexibility index (Phi) is 6.53. The molecule has 29 heavy (non-hydrogen) atoms. The number of rotatable bonds is 7. The van der Waals surface area contributed by atoms with Crippen LogP contribution in [0.2, 0.25) is 0 Å². The van der Waals surface area contributed by atoms with Gasteiger partial charge in [0.25, 0.3) is 5.56 Å².